The molecule has 21 heavy (non-hydrogen) atoms. The molecule has 1 N–H and O–H groups in total. The van der Waals surface area contributed by atoms with E-state index in [-0.39, 0.29) is 0 Å². The highest BCUT2D eigenvalue weighted by atomic mass is 32.2. The topological polar surface area (TPSA) is 39.7 Å². The molecule has 0 aromatic heterocycles. The first kappa shape index (κ1) is 15.0. The van der Waals surface area contributed by atoms with Gasteiger partial charge in [-0.25, -0.2) is 0 Å². The van der Waals surface area contributed by atoms with Crippen LogP contribution in [0.3, 0.4) is 0 Å². The Hall–Kier alpha value is -0.910. The van der Waals surface area contributed by atoms with E-state index in [1.54, 1.807) is 26.0 Å². The Balaban J connectivity index is 1.71. The van der Waals surface area contributed by atoms with E-state index in [4.69, 9.17) is 14.2 Å². The predicted octanol–water partition coefficient (Wildman–Crippen LogP) is 2.84. The van der Waals surface area contributed by atoms with Crippen LogP contribution in [0, 0.1) is 0 Å². The number of fused-ring (bicyclic) bond motifs is 2. The third kappa shape index (κ3) is 3.00. The third-order valence-electron chi connectivity index (χ3n) is 4.45. The van der Waals surface area contributed by atoms with Gasteiger partial charge in [-0.3, -0.25) is 0 Å². The molecule has 2 fully saturated rings. The third-order valence-corrected chi connectivity index (χ3v) is 5.27. The van der Waals surface area contributed by atoms with Gasteiger partial charge in [-0.15, -0.1) is 11.8 Å². The van der Waals surface area contributed by atoms with Crippen molar-refractivity contribution in [1.29, 1.82) is 0 Å². The van der Waals surface area contributed by atoms with Crippen LogP contribution in [-0.4, -0.2) is 38.7 Å². The fourth-order valence-electron chi connectivity index (χ4n) is 3.32. The van der Waals surface area contributed by atoms with E-state index in [2.05, 4.69) is 23.7 Å². The monoisotopic (exact) mass is 309 g/mol. The molecule has 1 aromatic rings. The molecule has 3 unspecified atom stereocenters. The average Bonchev–Trinajstić information content (AvgIpc) is 3.14. The summed E-state index contributed by atoms with van der Waals surface area (Å²) in [5, 5.41) is 3.66. The zero-order chi connectivity index (χ0) is 14.8. The Bertz CT molecular complexity index is 509. The van der Waals surface area contributed by atoms with Gasteiger partial charge in [-0.1, -0.05) is 0 Å². The number of hydrogen-bond donors (Lipinski definition) is 1. The van der Waals surface area contributed by atoms with Crippen LogP contribution in [0.5, 0.6) is 11.5 Å². The summed E-state index contributed by atoms with van der Waals surface area (Å²) in [6.45, 7) is 0.841. The van der Waals surface area contributed by atoms with Gasteiger partial charge in [0.25, 0.3) is 0 Å². The standard InChI is InChI=1S/C16H23NO3S/c1-18-14-6-10(16(21-3)8-15(14)19-2)9-17-12-7-11-4-5-13(12)20-11/h6,8,11-13,17H,4-5,7,9H2,1-3H3. The van der Waals surface area contributed by atoms with Gasteiger partial charge in [0.15, 0.2) is 11.5 Å². The first-order chi connectivity index (χ1) is 10.2. The second kappa shape index (κ2) is 6.46. The van der Waals surface area contributed by atoms with Crippen LogP contribution in [0.4, 0.5) is 0 Å². The van der Waals surface area contributed by atoms with Crippen molar-refractivity contribution in [3.8, 4) is 11.5 Å². The van der Waals surface area contributed by atoms with Gasteiger partial charge >= 0.3 is 0 Å². The highest BCUT2D eigenvalue weighted by Crippen LogP contribution is 2.36. The molecule has 0 radical (unpaired) electrons. The normalized spacial score (nSPS) is 27.1. The molecule has 3 rings (SSSR count). The van der Waals surface area contributed by atoms with Crippen molar-refractivity contribution >= 4 is 11.8 Å². The largest absolute Gasteiger partial charge is 0.493 e. The summed E-state index contributed by atoms with van der Waals surface area (Å²) >= 11 is 1.74. The molecular formula is C16H23NO3S. The lowest BCUT2D eigenvalue weighted by atomic mass is 9.95. The SMILES string of the molecule is COc1cc(CNC2CC3CCC2O3)c(SC)cc1OC. The molecule has 2 saturated heterocycles. The van der Waals surface area contributed by atoms with Gasteiger partial charge in [-0.2, -0.15) is 0 Å². The summed E-state index contributed by atoms with van der Waals surface area (Å²) in [6, 6.07) is 4.62. The summed E-state index contributed by atoms with van der Waals surface area (Å²) in [5.41, 5.74) is 1.25. The first-order valence-corrected chi connectivity index (χ1v) is 8.65. The number of rotatable bonds is 6. The lowest BCUT2D eigenvalue weighted by Crippen LogP contribution is -2.37. The Morgan fingerprint density at radius 3 is 2.57 bits per heavy atom. The summed E-state index contributed by atoms with van der Waals surface area (Å²) < 4.78 is 16.7. The Labute approximate surface area is 130 Å². The van der Waals surface area contributed by atoms with Crippen LogP contribution in [-0.2, 0) is 11.3 Å². The van der Waals surface area contributed by atoms with Crippen molar-refractivity contribution in [1.82, 2.24) is 5.32 Å². The molecule has 0 amide bonds. The smallest absolute Gasteiger partial charge is 0.161 e. The zero-order valence-electron chi connectivity index (χ0n) is 12.8. The Kier molecular flexibility index (Phi) is 4.62. The molecule has 0 aliphatic carbocycles. The van der Waals surface area contributed by atoms with Crippen LogP contribution < -0.4 is 14.8 Å². The maximum absolute atomic E-state index is 5.90. The maximum atomic E-state index is 5.90. The molecule has 2 heterocycles. The van der Waals surface area contributed by atoms with Gasteiger partial charge in [0, 0.05) is 17.5 Å². The van der Waals surface area contributed by atoms with E-state index in [0.29, 0.717) is 18.2 Å². The molecule has 0 spiro atoms. The van der Waals surface area contributed by atoms with Crippen LogP contribution >= 0.6 is 11.8 Å². The first-order valence-electron chi connectivity index (χ1n) is 7.43. The molecule has 4 nitrogen and oxygen atoms in total. The minimum Gasteiger partial charge on any atom is -0.493 e. The highest BCUT2D eigenvalue weighted by molar-refractivity contribution is 7.98. The van der Waals surface area contributed by atoms with E-state index < -0.39 is 0 Å². The minimum absolute atomic E-state index is 0.410. The number of hydrogen-bond acceptors (Lipinski definition) is 5. The van der Waals surface area contributed by atoms with E-state index >= 15 is 0 Å². The second-order valence-corrected chi connectivity index (χ2v) is 6.46. The fourth-order valence-corrected chi connectivity index (χ4v) is 3.94. The fraction of sp³-hybridized carbons (Fsp3) is 0.625. The molecule has 5 heteroatoms. The second-order valence-electron chi connectivity index (χ2n) is 5.62. The molecule has 3 atom stereocenters. The van der Waals surface area contributed by atoms with Gasteiger partial charge in [0.05, 0.1) is 26.4 Å². The molecule has 2 aliphatic rings. The maximum Gasteiger partial charge on any atom is 0.161 e. The van der Waals surface area contributed by atoms with Gasteiger partial charge in [-0.05, 0) is 43.2 Å². The lowest BCUT2D eigenvalue weighted by molar-refractivity contribution is 0.0972. The summed E-state index contributed by atoms with van der Waals surface area (Å²) in [5.74, 6) is 1.57. The van der Waals surface area contributed by atoms with Gasteiger partial charge in [0.2, 0.25) is 0 Å². The average molecular weight is 309 g/mol. The molecule has 1 aromatic carbocycles. The van der Waals surface area contributed by atoms with Crippen molar-refractivity contribution in [2.24, 2.45) is 0 Å². The molecule has 0 saturated carbocycles. The van der Waals surface area contributed by atoms with E-state index in [1.165, 1.54) is 23.3 Å². The highest BCUT2D eigenvalue weighted by Gasteiger charge is 2.40. The number of thioether (sulfide) groups is 1. The van der Waals surface area contributed by atoms with E-state index in [1.807, 2.05) is 0 Å². The van der Waals surface area contributed by atoms with Crippen molar-refractivity contribution in [2.75, 3.05) is 20.5 Å². The number of ether oxygens (including phenoxy) is 3. The number of nitrogens with one attached hydrogen (secondary N) is 1. The van der Waals surface area contributed by atoms with Crippen molar-refractivity contribution < 1.29 is 14.2 Å². The van der Waals surface area contributed by atoms with Crippen LogP contribution in [0.2, 0.25) is 0 Å². The molecule has 116 valence electrons. The minimum atomic E-state index is 0.410. The van der Waals surface area contributed by atoms with Gasteiger partial charge in [0.1, 0.15) is 0 Å². The molecular weight excluding hydrogens is 286 g/mol. The van der Waals surface area contributed by atoms with Crippen LogP contribution in [0.1, 0.15) is 24.8 Å². The summed E-state index contributed by atoms with van der Waals surface area (Å²) in [4.78, 5) is 1.23. The van der Waals surface area contributed by atoms with Crippen LogP contribution in [0.25, 0.3) is 0 Å². The molecule has 2 aliphatic heterocycles. The van der Waals surface area contributed by atoms with Crippen molar-refractivity contribution in [2.45, 2.75) is 49.0 Å². The summed E-state index contributed by atoms with van der Waals surface area (Å²) in [6.07, 6.45) is 6.56. The zero-order valence-corrected chi connectivity index (χ0v) is 13.7. The van der Waals surface area contributed by atoms with Crippen molar-refractivity contribution in [3.63, 3.8) is 0 Å². The predicted molar refractivity (Wildman–Crippen MR) is 84.5 cm³/mol. The summed E-state index contributed by atoms with van der Waals surface area (Å²) in [7, 11) is 3.35. The van der Waals surface area contributed by atoms with Gasteiger partial charge < -0.3 is 19.5 Å². The van der Waals surface area contributed by atoms with Crippen LogP contribution in [0.15, 0.2) is 17.0 Å². The Morgan fingerprint density at radius 2 is 2.00 bits per heavy atom. The Morgan fingerprint density at radius 1 is 1.24 bits per heavy atom. The number of methoxy groups -OCH3 is 2. The lowest BCUT2D eigenvalue weighted by Gasteiger charge is -2.21. The quantitative estimate of drug-likeness (QED) is 0.818. The van der Waals surface area contributed by atoms with E-state index in [9.17, 15) is 0 Å². The molecule has 2 bridgehead atoms. The van der Waals surface area contributed by atoms with E-state index in [0.717, 1.165) is 24.5 Å². The van der Waals surface area contributed by atoms with Crippen molar-refractivity contribution in [3.05, 3.63) is 17.7 Å². The number of benzene rings is 1.